The van der Waals surface area contributed by atoms with Crippen molar-refractivity contribution in [3.05, 3.63) is 29.8 Å². The third kappa shape index (κ3) is 2.74. The summed E-state index contributed by atoms with van der Waals surface area (Å²) in [7, 11) is 0. The molecule has 0 saturated heterocycles. The van der Waals surface area contributed by atoms with E-state index in [-0.39, 0.29) is 6.61 Å². The Balaban J connectivity index is 2.73. The van der Waals surface area contributed by atoms with Gasteiger partial charge in [-0.3, -0.25) is 0 Å². The van der Waals surface area contributed by atoms with Crippen LogP contribution in [0.4, 0.5) is 0 Å². The number of aliphatic hydroxyl groups is 1. The van der Waals surface area contributed by atoms with Crippen molar-refractivity contribution in [1.82, 2.24) is 0 Å². The molecule has 0 aromatic heterocycles. The number of phenols is 1. The minimum absolute atomic E-state index is 0.226. The van der Waals surface area contributed by atoms with Gasteiger partial charge in [-0.1, -0.05) is 25.1 Å². The van der Waals surface area contributed by atoms with E-state index in [0.29, 0.717) is 11.7 Å². The van der Waals surface area contributed by atoms with Crippen molar-refractivity contribution >= 4 is 0 Å². The fourth-order valence-corrected chi connectivity index (χ4v) is 1.75. The molecule has 1 rings (SSSR count). The van der Waals surface area contributed by atoms with E-state index in [1.165, 1.54) is 0 Å². The molecule has 2 heteroatoms. The molecule has 0 aliphatic heterocycles. The molecule has 0 spiro atoms. The molecule has 0 bridgehead atoms. The molecule has 1 aromatic rings. The van der Waals surface area contributed by atoms with Crippen LogP contribution in [-0.2, 0) is 0 Å². The minimum atomic E-state index is 0.226. The highest BCUT2D eigenvalue weighted by Gasteiger charge is 2.11. The zero-order valence-electron chi connectivity index (χ0n) is 8.61. The fraction of sp³-hybridized carbons (Fsp3) is 0.500. The van der Waals surface area contributed by atoms with Gasteiger partial charge in [-0.25, -0.2) is 0 Å². The Bertz CT molecular complexity index is 271. The van der Waals surface area contributed by atoms with Crippen molar-refractivity contribution in [3.63, 3.8) is 0 Å². The van der Waals surface area contributed by atoms with Gasteiger partial charge in [-0.2, -0.15) is 0 Å². The molecule has 1 unspecified atom stereocenters. The van der Waals surface area contributed by atoms with Gasteiger partial charge in [-0.05, 0) is 36.8 Å². The third-order valence-electron chi connectivity index (χ3n) is 2.58. The molecule has 0 aliphatic carbocycles. The highest BCUT2D eigenvalue weighted by Crippen LogP contribution is 2.30. The number of phenolic OH excluding ortho intramolecular Hbond substituents is 1. The van der Waals surface area contributed by atoms with Gasteiger partial charge in [0.25, 0.3) is 0 Å². The van der Waals surface area contributed by atoms with Crippen LogP contribution in [0.15, 0.2) is 24.3 Å². The summed E-state index contributed by atoms with van der Waals surface area (Å²) in [5.74, 6) is 0.737. The number of hydrogen-bond donors (Lipinski definition) is 2. The number of rotatable bonds is 5. The van der Waals surface area contributed by atoms with Crippen molar-refractivity contribution in [1.29, 1.82) is 0 Å². The van der Waals surface area contributed by atoms with Crippen molar-refractivity contribution in [2.24, 2.45) is 0 Å². The maximum atomic E-state index is 9.65. The molecule has 0 amide bonds. The molecule has 0 saturated carbocycles. The molecule has 0 fully saturated rings. The van der Waals surface area contributed by atoms with Crippen LogP contribution in [-0.4, -0.2) is 16.8 Å². The maximum absolute atomic E-state index is 9.65. The predicted molar refractivity (Wildman–Crippen MR) is 57.5 cm³/mol. The Labute approximate surface area is 85.2 Å². The predicted octanol–water partition coefficient (Wildman–Crippen LogP) is 2.66. The second-order valence-electron chi connectivity index (χ2n) is 3.53. The molecule has 1 aromatic carbocycles. The smallest absolute Gasteiger partial charge is 0.119 e. The van der Waals surface area contributed by atoms with E-state index < -0.39 is 0 Å². The van der Waals surface area contributed by atoms with Gasteiger partial charge in [0.15, 0.2) is 0 Å². The Morgan fingerprint density at radius 3 is 2.57 bits per heavy atom. The number of hydrogen-bond acceptors (Lipinski definition) is 2. The lowest BCUT2D eigenvalue weighted by atomic mass is 9.91. The van der Waals surface area contributed by atoms with Gasteiger partial charge in [0, 0.05) is 6.61 Å². The van der Waals surface area contributed by atoms with Gasteiger partial charge in [-0.15, -0.1) is 0 Å². The first-order valence-electron chi connectivity index (χ1n) is 5.18. The van der Waals surface area contributed by atoms with Gasteiger partial charge in [0.1, 0.15) is 5.75 Å². The van der Waals surface area contributed by atoms with E-state index in [1.54, 1.807) is 6.07 Å². The Hall–Kier alpha value is -1.02. The zero-order valence-corrected chi connectivity index (χ0v) is 8.61. The number of para-hydroxylation sites is 1. The van der Waals surface area contributed by atoms with Crippen LogP contribution in [0.2, 0.25) is 0 Å². The van der Waals surface area contributed by atoms with Gasteiger partial charge >= 0.3 is 0 Å². The van der Waals surface area contributed by atoms with E-state index >= 15 is 0 Å². The number of aliphatic hydroxyl groups excluding tert-OH is 1. The van der Waals surface area contributed by atoms with E-state index in [9.17, 15) is 5.11 Å². The largest absolute Gasteiger partial charge is 0.508 e. The molecule has 0 aliphatic rings. The summed E-state index contributed by atoms with van der Waals surface area (Å²) in [5.41, 5.74) is 1.00. The second-order valence-corrected chi connectivity index (χ2v) is 3.53. The van der Waals surface area contributed by atoms with Crippen molar-refractivity contribution in [2.45, 2.75) is 32.1 Å². The molecule has 2 N–H and O–H groups in total. The molecule has 2 nitrogen and oxygen atoms in total. The Morgan fingerprint density at radius 2 is 2.00 bits per heavy atom. The molecule has 0 radical (unpaired) electrons. The lowest BCUT2D eigenvalue weighted by Crippen LogP contribution is -1.99. The van der Waals surface area contributed by atoms with Crippen LogP contribution in [0.25, 0.3) is 0 Å². The molecule has 78 valence electrons. The number of aromatic hydroxyl groups is 1. The zero-order chi connectivity index (χ0) is 10.4. The van der Waals surface area contributed by atoms with Crippen LogP contribution in [0.3, 0.4) is 0 Å². The fourth-order valence-electron chi connectivity index (χ4n) is 1.75. The van der Waals surface area contributed by atoms with Crippen molar-refractivity contribution in [3.8, 4) is 5.75 Å². The monoisotopic (exact) mass is 194 g/mol. The van der Waals surface area contributed by atoms with E-state index in [2.05, 4.69) is 6.92 Å². The van der Waals surface area contributed by atoms with Crippen molar-refractivity contribution < 1.29 is 10.2 Å². The Morgan fingerprint density at radius 1 is 1.29 bits per heavy atom. The molecule has 1 atom stereocenters. The maximum Gasteiger partial charge on any atom is 0.119 e. The average molecular weight is 194 g/mol. The first-order valence-corrected chi connectivity index (χ1v) is 5.18. The van der Waals surface area contributed by atoms with Crippen LogP contribution in [0, 0.1) is 0 Å². The summed E-state index contributed by atoms with van der Waals surface area (Å²) >= 11 is 0. The third-order valence-corrected chi connectivity index (χ3v) is 2.58. The molecular formula is C12H18O2. The Kier molecular flexibility index (Phi) is 4.47. The van der Waals surface area contributed by atoms with Gasteiger partial charge in [0.05, 0.1) is 0 Å². The summed E-state index contributed by atoms with van der Waals surface area (Å²) in [6.45, 7) is 2.33. The SMILES string of the molecule is CCC(CCCO)c1ccccc1O. The number of benzene rings is 1. The standard InChI is InChI=1S/C12H18O2/c1-2-10(6-5-9-13)11-7-3-4-8-12(11)14/h3-4,7-8,10,13-14H,2,5-6,9H2,1H3. The van der Waals surface area contributed by atoms with Crippen LogP contribution < -0.4 is 0 Å². The quantitative estimate of drug-likeness (QED) is 0.756. The van der Waals surface area contributed by atoms with Gasteiger partial charge < -0.3 is 10.2 Å². The van der Waals surface area contributed by atoms with Crippen LogP contribution in [0.1, 0.15) is 37.7 Å². The van der Waals surface area contributed by atoms with Crippen LogP contribution in [0.5, 0.6) is 5.75 Å². The minimum Gasteiger partial charge on any atom is -0.508 e. The normalized spacial score (nSPS) is 12.7. The first kappa shape index (κ1) is 11.1. The topological polar surface area (TPSA) is 40.5 Å². The molecule has 0 heterocycles. The average Bonchev–Trinajstić information content (AvgIpc) is 2.21. The van der Waals surface area contributed by atoms with E-state index in [4.69, 9.17) is 5.11 Å². The van der Waals surface area contributed by atoms with E-state index in [1.807, 2.05) is 18.2 Å². The summed E-state index contributed by atoms with van der Waals surface area (Å²) in [4.78, 5) is 0. The summed E-state index contributed by atoms with van der Waals surface area (Å²) in [6, 6.07) is 7.45. The lowest BCUT2D eigenvalue weighted by Gasteiger charge is -2.15. The van der Waals surface area contributed by atoms with E-state index in [0.717, 1.165) is 24.8 Å². The molecular weight excluding hydrogens is 176 g/mol. The summed E-state index contributed by atoms with van der Waals surface area (Å²) < 4.78 is 0. The second kappa shape index (κ2) is 5.66. The van der Waals surface area contributed by atoms with Gasteiger partial charge in [0.2, 0.25) is 0 Å². The highest BCUT2D eigenvalue weighted by atomic mass is 16.3. The highest BCUT2D eigenvalue weighted by molar-refractivity contribution is 5.34. The molecule has 14 heavy (non-hydrogen) atoms. The van der Waals surface area contributed by atoms with Crippen molar-refractivity contribution in [2.75, 3.05) is 6.61 Å². The first-order chi connectivity index (χ1) is 6.79. The van der Waals surface area contributed by atoms with Crippen LogP contribution >= 0.6 is 0 Å². The lowest BCUT2D eigenvalue weighted by molar-refractivity contribution is 0.278. The summed E-state index contributed by atoms with van der Waals surface area (Å²) in [6.07, 6.45) is 2.73. The summed E-state index contributed by atoms with van der Waals surface area (Å²) in [5, 5.41) is 18.4.